The van der Waals surface area contributed by atoms with E-state index < -0.39 is 12.2 Å². The van der Waals surface area contributed by atoms with Crippen molar-refractivity contribution < 1.29 is 28.5 Å². The average molecular weight is 345 g/mol. The van der Waals surface area contributed by atoms with E-state index in [0.717, 1.165) is 0 Å². The van der Waals surface area contributed by atoms with Crippen molar-refractivity contribution in [2.24, 2.45) is 0 Å². The van der Waals surface area contributed by atoms with Crippen molar-refractivity contribution in [2.75, 3.05) is 33.8 Å². The van der Waals surface area contributed by atoms with Gasteiger partial charge in [0.2, 0.25) is 6.23 Å². The molecule has 0 radical (unpaired) electrons. The Balaban J connectivity index is 1.97. The van der Waals surface area contributed by atoms with Gasteiger partial charge in [0, 0.05) is 11.6 Å². The maximum atomic E-state index is 12.3. The van der Waals surface area contributed by atoms with Crippen LogP contribution in [0.3, 0.4) is 0 Å². The Labute approximate surface area is 145 Å². The van der Waals surface area contributed by atoms with Crippen LogP contribution in [-0.2, 0) is 4.74 Å². The number of carbonyl (C=O) groups is 1. The van der Waals surface area contributed by atoms with Crippen LogP contribution in [0.5, 0.6) is 23.0 Å². The Morgan fingerprint density at radius 3 is 2.32 bits per heavy atom. The monoisotopic (exact) mass is 345 g/mol. The summed E-state index contributed by atoms with van der Waals surface area (Å²) in [5, 5.41) is 3.17. The van der Waals surface area contributed by atoms with Crippen LogP contribution in [0, 0.1) is 0 Å². The lowest BCUT2D eigenvalue weighted by molar-refractivity contribution is 0.0434. The molecule has 2 aromatic rings. The zero-order valence-corrected chi connectivity index (χ0v) is 14.4. The van der Waals surface area contributed by atoms with Crippen LogP contribution in [0.25, 0.3) is 0 Å². The summed E-state index contributed by atoms with van der Waals surface area (Å²) in [5.41, 5.74) is 1.69. The first-order valence-electron chi connectivity index (χ1n) is 7.57. The Hall–Kier alpha value is -3.09. The van der Waals surface area contributed by atoms with E-state index in [1.54, 1.807) is 44.6 Å². The number of ether oxygens (including phenoxy) is 5. The number of esters is 1. The predicted molar refractivity (Wildman–Crippen MR) is 90.9 cm³/mol. The summed E-state index contributed by atoms with van der Waals surface area (Å²) in [5.74, 6) is 1.59. The summed E-state index contributed by atoms with van der Waals surface area (Å²) in [6.07, 6.45) is -0.662. The van der Waals surface area contributed by atoms with Gasteiger partial charge in [-0.05, 0) is 24.3 Å². The SMILES string of the molecule is COc1ccc(N[C@@H]2OC(=O)c3c2ccc(OC)c3OC)c(OC)c1. The van der Waals surface area contributed by atoms with Gasteiger partial charge in [-0.25, -0.2) is 4.79 Å². The van der Waals surface area contributed by atoms with Crippen LogP contribution >= 0.6 is 0 Å². The minimum absolute atomic E-state index is 0.354. The van der Waals surface area contributed by atoms with Crippen molar-refractivity contribution in [1.82, 2.24) is 0 Å². The second kappa shape index (κ2) is 6.80. The van der Waals surface area contributed by atoms with Gasteiger partial charge in [0.1, 0.15) is 17.1 Å². The maximum absolute atomic E-state index is 12.3. The molecule has 1 N–H and O–H groups in total. The van der Waals surface area contributed by atoms with Gasteiger partial charge in [-0.2, -0.15) is 0 Å². The highest BCUT2D eigenvalue weighted by atomic mass is 16.6. The quantitative estimate of drug-likeness (QED) is 0.807. The van der Waals surface area contributed by atoms with Crippen molar-refractivity contribution in [1.29, 1.82) is 0 Å². The molecule has 1 aliphatic rings. The highest BCUT2D eigenvalue weighted by Crippen LogP contribution is 2.43. The maximum Gasteiger partial charge on any atom is 0.344 e. The van der Waals surface area contributed by atoms with Crippen molar-refractivity contribution in [3.8, 4) is 23.0 Å². The number of fused-ring (bicyclic) bond motifs is 1. The van der Waals surface area contributed by atoms with Crippen LogP contribution < -0.4 is 24.3 Å². The van der Waals surface area contributed by atoms with Gasteiger partial charge >= 0.3 is 5.97 Å². The van der Waals surface area contributed by atoms with Crippen molar-refractivity contribution in [2.45, 2.75) is 6.23 Å². The number of methoxy groups -OCH3 is 4. The average Bonchev–Trinajstić information content (AvgIpc) is 2.96. The summed E-state index contributed by atoms with van der Waals surface area (Å²) in [6.45, 7) is 0. The molecular formula is C18H19NO6. The van der Waals surface area contributed by atoms with E-state index in [0.29, 0.717) is 39.8 Å². The fourth-order valence-electron chi connectivity index (χ4n) is 2.77. The smallest absolute Gasteiger partial charge is 0.344 e. The normalized spacial score (nSPS) is 15.2. The van der Waals surface area contributed by atoms with Crippen LogP contribution in [0.4, 0.5) is 5.69 Å². The van der Waals surface area contributed by atoms with Crippen LogP contribution in [-0.4, -0.2) is 34.4 Å². The molecule has 0 unspecified atom stereocenters. The molecule has 0 saturated carbocycles. The molecule has 7 heteroatoms. The largest absolute Gasteiger partial charge is 0.497 e. The number of nitrogens with one attached hydrogen (secondary N) is 1. The third-order valence-electron chi connectivity index (χ3n) is 3.98. The zero-order valence-electron chi connectivity index (χ0n) is 14.4. The third kappa shape index (κ3) is 2.88. The van der Waals surface area contributed by atoms with Gasteiger partial charge < -0.3 is 29.0 Å². The first kappa shape index (κ1) is 16.8. The third-order valence-corrected chi connectivity index (χ3v) is 3.98. The van der Waals surface area contributed by atoms with E-state index >= 15 is 0 Å². The first-order chi connectivity index (χ1) is 12.1. The van der Waals surface area contributed by atoms with Gasteiger partial charge in [0.15, 0.2) is 11.5 Å². The molecule has 7 nitrogen and oxygen atoms in total. The van der Waals surface area contributed by atoms with Crippen LogP contribution in [0.1, 0.15) is 22.1 Å². The molecule has 0 amide bonds. The van der Waals surface area contributed by atoms with E-state index in [4.69, 9.17) is 23.7 Å². The molecule has 0 spiro atoms. The molecule has 3 rings (SSSR count). The highest BCUT2D eigenvalue weighted by molar-refractivity contribution is 5.98. The van der Waals surface area contributed by atoms with E-state index in [1.165, 1.54) is 14.2 Å². The topological polar surface area (TPSA) is 75.3 Å². The highest BCUT2D eigenvalue weighted by Gasteiger charge is 2.36. The molecule has 132 valence electrons. The summed E-state index contributed by atoms with van der Waals surface area (Å²) in [7, 11) is 6.14. The summed E-state index contributed by atoms with van der Waals surface area (Å²) < 4.78 is 26.6. The summed E-state index contributed by atoms with van der Waals surface area (Å²) >= 11 is 0. The van der Waals surface area contributed by atoms with Gasteiger partial charge in [-0.15, -0.1) is 0 Å². The summed E-state index contributed by atoms with van der Waals surface area (Å²) in [4.78, 5) is 12.3. The first-order valence-corrected chi connectivity index (χ1v) is 7.57. The molecule has 0 bridgehead atoms. The summed E-state index contributed by atoms with van der Waals surface area (Å²) in [6, 6.07) is 8.84. The number of cyclic esters (lactones) is 1. The van der Waals surface area contributed by atoms with Crippen LogP contribution in [0.15, 0.2) is 30.3 Å². The molecular weight excluding hydrogens is 326 g/mol. The van der Waals surface area contributed by atoms with Crippen molar-refractivity contribution in [3.05, 3.63) is 41.5 Å². The van der Waals surface area contributed by atoms with Crippen molar-refractivity contribution >= 4 is 11.7 Å². The molecule has 0 aromatic heterocycles. The number of hydrogen-bond acceptors (Lipinski definition) is 7. The predicted octanol–water partition coefficient (Wildman–Crippen LogP) is 3.00. The van der Waals surface area contributed by atoms with E-state index in [-0.39, 0.29) is 0 Å². The van der Waals surface area contributed by atoms with Crippen molar-refractivity contribution in [3.63, 3.8) is 0 Å². The lowest BCUT2D eigenvalue weighted by atomic mass is 10.1. The Bertz CT molecular complexity index is 804. The fourth-order valence-corrected chi connectivity index (χ4v) is 2.77. The molecule has 0 saturated heterocycles. The number of anilines is 1. The van der Waals surface area contributed by atoms with Gasteiger partial charge in [0.25, 0.3) is 0 Å². The molecule has 1 aliphatic heterocycles. The number of carbonyl (C=O) groups excluding carboxylic acids is 1. The second-order valence-electron chi connectivity index (χ2n) is 5.26. The number of rotatable bonds is 6. The number of benzene rings is 2. The van der Waals surface area contributed by atoms with E-state index in [9.17, 15) is 4.79 Å². The van der Waals surface area contributed by atoms with Crippen LogP contribution in [0.2, 0.25) is 0 Å². The molecule has 0 fully saturated rings. The molecule has 25 heavy (non-hydrogen) atoms. The molecule has 0 aliphatic carbocycles. The Morgan fingerprint density at radius 1 is 0.920 bits per heavy atom. The van der Waals surface area contributed by atoms with E-state index in [2.05, 4.69) is 5.32 Å². The molecule has 1 atom stereocenters. The minimum Gasteiger partial charge on any atom is -0.497 e. The Morgan fingerprint density at radius 2 is 1.68 bits per heavy atom. The molecule has 2 aromatic carbocycles. The second-order valence-corrected chi connectivity index (χ2v) is 5.26. The van der Waals surface area contributed by atoms with E-state index in [1.807, 2.05) is 0 Å². The lowest BCUT2D eigenvalue weighted by Gasteiger charge is -2.17. The molecule has 1 heterocycles. The fraction of sp³-hybridized carbons (Fsp3) is 0.278. The Kier molecular flexibility index (Phi) is 4.56. The van der Waals surface area contributed by atoms with Gasteiger partial charge in [-0.3, -0.25) is 0 Å². The number of hydrogen-bond donors (Lipinski definition) is 1. The lowest BCUT2D eigenvalue weighted by Crippen LogP contribution is -2.11. The minimum atomic E-state index is -0.662. The van der Waals surface area contributed by atoms with Gasteiger partial charge in [0.05, 0.1) is 34.1 Å². The standard InChI is InChI=1S/C18H19NO6/c1-21-10-5-7-12(14(9-10)23-3)19-17-11-6-8-13(22-2)16(24-4)15(11)18(20)25-17/h5-9,17,19H,1-4H3/t17-/m1/s1. The zero-order chi connectivity index (χ0) is 18.0. The van der Waals surface area contributed by atoms with Gasteiger partial charge in [-0.1, -0.05) is 0 Å².